The second kappa shape index (κ2) is 14.2. The summed E-state index contributed by atoms with van der Waals surface area (Å²) in [6, 6.07) is 3.72. The summed E-state index contributed by atoms with van der Waals surface area (Å²) in [7, 11) is -7.89. The number of fused-ring (bicyclic) bond motifs is 2. The Balaban J connectivity index is 1.42. The van der Waals surface area contributed by atoms with E-state index in [0.717, 1.165) is 19.3 Å². The molecule has 1 aromatic rings. The van der Waals surface area contributed by atoms with Gasteiger partial charge in [0.05, 0.1) is 21.3 Å². The van der Waals surface area contributed by atoms with Crippen LogP contribution in [0.5, 0.6) is 0 Å². The molecule has 3 fully saturated rings. The number of halogens is 1. The van der Waals surface area contributed by atoms with E-state index in [1.54, 1.807) is 39.8 Å². The van der Waals surface area contributed by atoms with Crippen molar-refractivity contribution in [1.29, 1.82) is 0 Å². The number of hydrogen-bond donors (Lipinski definition) is 3. The van der Waals surface area contributed by atoms with Gasteiger partial charge in [-0.15, -0.1) is 0 Å². The largest absolute Gasteiger partial charge is 0.444 e. The van der Waals surface area contributed by atoms with Gasteiger partial charge < -0.3 is 20.3 Å². The lowest BCUT2D eigenvalue weighted by Crippen LogP contribution is -2.57. The predicted octanol–water partition coefficient (Wildman–Crippen LogP) is 3.88. The van der Waals surface area contributed by atoms with Crippen molar-refractivity contribution in [2.24, 2.45) is 5.92 Å². The lowest BCUT2D eigenvalue weighted by molar-refractivity contribution is -0.140. The van der Waals surface area contributed by atoms with E-state index in [1.807, 2.05) is 12.2 Å². The Morgan fingerprint density at radius 2 is 1.78 bits per heavy atom. The first-order chi connectivity index (χ1) is 22.8. The van der Waals surface area contributed by atoms with E-state index < -0.39 is 72.1 Å². The standard InChI is InChI=1S/C33H47BrN4O9S2/c1-31(2,3)46-30(41)36-26-11-9-7-5-6-8-10-22-19-33(22,21-35-49(44,45)32(4)16-17-32)37-28(39)27-18-24(20-38(27)29(26)40)47-48(42,43)25-14-12-23(34)13-15-25/h8,10,12-15,22,24,26-27,35H,5-7,9,11,16-21H2,1-4H3,(H,36,41)(H,37,39). The Hall–Kier alpha value is -2.53. The summed E-state index contributed by atoms with van der Waals surface area (Å²) in [6.45, 7) is 6.57. The minimum absolute atomic E-state index is 0.0208. The van der Waals surface area contributed by atoms with Crippen molar-refractivity contribution < 1.29 is 40.1 Å². The molecule has 4 aliphatic rings. The molecule has 5 atom stereocenters. The Morgan fingerprint density at radius 1 is 1.08 bits per heavy atom. The van der Waals surface area contributed by atoms with Gasteiger partial charge >= 0.3 is 6.09 Å². The molecule has 1 aromatic carbocycles. The monoisotopic (exact) mass is 786 g/mol. The zero-order valence-electron chi connectivity index (χ0n) is 28.4. The molecule has 2 aliphatic heterocycles. The van der Waals surface area contributed by atoms with E-state index in [-0.39, 0.29) is 36.7 Å². The van der Waals surface area contributed by atoms with Crippen molar-refractivity contribution in [1.82, 2.24) is 20.3 Å². The zero-order valence-corrected chi connectivity index (χ0v) is 31.6. The van der Waals surface area contributed by atoms with E-state index in [4.69, 9.17) is 8.92 Å². The molecule has 5 unspecified atom stereocenters. The van der Waals surface area contributed by atoms with E-state index >= 15 is 0 Å². The molecule has 272 valence electrons. The Kier molecular flexibility index (Phi) is 11.0. The molecule has 2 saturated carbocycles. The first-order valence-corrected chi connectivity index (χ1v) is 20.5. The maximum atomic E-state index is 14.2. The van der Waals surface area contributed by atoms with Crippen molar-refractivity contribution in [3.63, 3.8) is 0 Å². The summed E-state index contributed by atoms with van der Waals surface area (Å²) in [4.78, 5) is 42.4. The van der Waals surface area contributed by atoms with Crippen molar-refractivity contribution in [3.8, 4) is 0 Å². The molecule has 3 N–H and O–H groups in total. The van der Waals surface area contributed by atoms with Gasteiger partial charge in [0.25, 0.3) is 10.1 Å². The zero-order chi connectivity index (χ0) is 35.8. The van der Waals surface area contributed by atoms with Gasteiger partial charge in [0.15, 0.2) is 0 Å². The highest BCUT2D eigenvalue weighted by Crippen LogP contribution is 2.47. The van der Waals surface area contributed by atoms with Crippen LogP contribution in [-0.4, -0.2) is 86.8 Å². The van der Waals surface area contributed by atoms with Gasteiger partial charge in [-0.25, -0.2) is 17.9 Å². The number of alkyl carbamates (subject to hydrolysis) is 1. The molecule has 16 heteroatoms. The normalized spacial score (nSPS) is 29.1. The summed E-state index contributed by atoms with van der Waals surface area (Å²) >= 11 is 3.29. The second-order valence-electron chi connectivity index (χ2n) is 14.9. The lowest BCUT2D eigenvalue weighted by Gasteiger charge is -2.30. The number of carbonyl (C=O) groups excluding carboxylic acids is 3. The molecule has 0 aromatic heterocycles. The van der Waals surface area contributed by atoms with Gasteiger partial charge in [-0.2, -0.15) is 8.42 Å². The number of nitrogens with one attached hydrogen (secondary N) is 3. The van der Waals surface area contributed by atoms with E-state index in [9.17, 15) is 31.2 Å². The fourth-order valence-corrected chi connectivity index (χ4v) is 9.08. The highest BCUT2D eigenvalue weighted by Gasteiger charge is 2.58. The quantitative estimate of drug-likeness (QED) is 0.261. The maximum Gasteiger partial charge on any atom is 0.408 e. The second-order valence-corrected chi connectivity index (χ2v) is 19.6. The van der Waals surface area contributed by atoms with Crippen molar-refractivity contribution in [2.45, 2.75) is 124 Å². The van der Waals surface area contributed by atoms with Crippen LogP contribution in [0.15, 0.2) is 45.8 Å². The molecule has 1 saturated heterocycles. The van der Waals surface area contributed by atoms with Crippen LogP contribution in [0.1, 0.15) is 85.5 Å². The molecule has 5 rings (SSSR count). The smallest absolute Gasteiger partial charge is 0.408 e. The third kappa shape index (κ3) is 9.23. The third-order valence-electron chi connectivity index (χ3n) is 9.62. The van der Waals surface area contributed by atoms with Gasteiger partial charge in [-0.3, -0.25) is 13.8 Å². The summed E-state index contributed by atoms with van der Waals surface area (Å²) in [5.41, 5.74) is -1.74. The van der Waals surface area contributed by atoms with Crippen LogP contribution in [0.25, 0.3) is 0 Å². The van der Waals surface area contributed by atoms with Crippen molar-refractivity contribution in [3.05, 3.63) is 40.9 Å². The Bertz CT molecular complexity index is 1670. The molecule has 13 nitrogen and oxygen atoms in total. The molecule has 2 aliphatic carbocycles. The molecule has 0 spiro atoms. The minimum Gasteiger partial charge on any atom is -0.444 e. The van der Waals surface area contributed by atoms with E-state index in [1.165, 1.54) is 17.0 Å². The SMILES string of the molecule is CC(C)(C)OC(=O)NC1CCCCCC=CC2CC2(CNS(=O)(=O)C2(C)CC2)NC(=O)C2CC(OS(=O)(=O)c3ccc(Br)cc3)CN2C1=O. The average Bonchev–Trinajstić information content (AvgIpc) is 3.87. The van der Waals surface area contributed by atoms with Crippen LogP contribution in [0, 0.1) is 5.92 Å². The summed E-state index contributed by atoms with van der Waals surface area (Å²) in [5, 5.41) is 5.73. The predicted molar refractivity (Wildman–Crippen MR) is 185 cm³/mol. The summed E-state index contributed by atoms with van der Waals surface area (Å²) < 4.78 is 66.2. The lowest BCUT2D eigenvalue weighted by atomic mass is 10.0. The van der Waals surface area contributed by atoms with Crippen LogP contribution in [0.4, 0.5) is 4.79 Å². The number of allylic oxidation sites excluding steroid dienone is 1. The van der Waals surface area contributed by atoms with Gasteiger partial charge in [0.1, 0.15) is 17.7 Å². The number of carbonyl (C=O) groups is 3. The minimum atomic E-state index is -4.26. The Morgan fingerprint density at radius 3 is 2.43 bits per heavy atom. The molecule has 2 heterocycles. The van der Waals surface area contributed by atoms with Crippen molar-refractivity contribution >= 4 is 54.0 Å². The Labute approximate surface area is 297 Å². The first kappa shape index (κ1) is 37.7. The van der Waals surface area contributed by atoms with Crippen LogP contribution >= 0.6 is 15.9 Å². The van der Waals surface area contributed by atoms with Crippen LogP contribution in [-0.2, 0) is 38.7 Å². The topological polar surface area (TPSA) is 177 Å². The number of benzene rings is 1. The van der Waals surface area contributed by atoms with Crippen molar-refractivity contribution in [2.75, 3.05) is 13.1 Å². The maximum absolute atomic E-state index is 14.2. The fraction of sp³-hybridized carbons (Fsp3) is 0.667. The number of rotatable bonds is 8. The number of nitrogens with zero attached hydrogens (tertiary/aromatic N) is 1. The third-order valence-corrected chi connectivity index (χ3v) is 13.8. The van der Waals surface area contributed by atoms with Crippen LogP contribution in [0.2, 0.25) is 0 Å². The van der Waals surface area contributed by atoms with Gasteiger partial charge in [-0.1, -0.05) is 40.9 Å². The van der Waals surface area contributed by atoms with Gasteiger partial charge in [-0.05, 0) is 90.5 Å². The summed E-state index contributed by atoms with van der Waals surface area (Å²) in [5.74, 6) is -1.25. The first-order valence-electron chi connectivity index (χ1n) is 16.8. The molecular formula is C33H47BrN4O9S2. The number of amides is 3. The highest BCUT2D eigenvalue weighted by atomic mass is 79.9. The van der Waals surface area contributed by atoms with E-state index in [0.29, 0.717) is 30.2 Å². The van der Waals surface area contributed by atoms with E-state index in [2.05, 4.69) is 31.3 Å². The fourth-order valence-electron chi connectivity index (χ4n) is 6.30. The average molecular weight is 788 g/mol. The van der Waals surface area contributed by atoms with Crippen LogP contribution < -0.4 is 15.4 Å². The molecule has 0 radical (unpaired) electrons. The number of ether oxygens (including phenoxy) is 1. The number of sulfonamides is 1. The molecular weight excluding hydrogens is 740 g/mol. The van der Waals surface area contributed by atoms with Gasteiger partial charge in [0.2, 0.25) is 21.8 Å². The van der Waals surface area contributed by atoms with Gasteiger partial charge in [0, 0.05) is 29.9 Å². The van der Waals surface area contributed by atoms with Crippen LogP contribution in [0.3, 0.4) is 0 Å². The molecule has 0 bridgehead atoms. The highest BCUT2D eigenvalue weighted by molar-refractivity contribution is 9.10. The number of hydrogen-bond acceptors (Lipinski definition) is 9. The summed E-state index contributed by atoms with van der Waals surface area (Å²) in [6.07, 6.45) is 6.95. The molecule has 3 amide bonds. The molecule has 49 heavy (non-hydrogen) atoms.